The summed E-state index contributed by atoms with van der Waals surface area (Å²) in [5.74, 6) is -1.17. The van der Waals surface area contributed by atoms with E-state index in [-0.39, 0.29) is 38.4 Å². The van der Waals surface area contributed by atoms with Crippen molar-refractivity contribution in [1.82, 2.24) is 0 Å². The zero-order chi connectivity index (χ0) is 58.5. The Balaban J connectivity index is 4.73. The largest absolute Gasteiger partial charge is 0.462 e. The molecule has 0 saturated carbocycles. The van der Waals surface area contributed by atoms with Gasteiger partial charge in [-0.25, -0.2) is 0 Å². The number of unbranched alkanes of at least 4 members (excludes halogenated alkanes) is 3. The lowest BCUT2D eigenvalue weighted by atomic mass is 10.2. The summed E-state index contributed by atoms with van der Waals surface area (Å²) in [6.45, 7) is 6.12. The van der Waals surface area contributed by atoms with E-state index < -0.39 is 18.0 Å². The van der Waals surface area contributed by atoms with Gasteiger partial charge < -0.3 is 14.2 Å². The van der Waals surface area contributed by atoms with Gasteiger partial charge in [0.15, 0.2) is 6.10 Å². The van der Waals surface area contributed by atoms with E-state index in [2.05, 4.69) is 240 Å². The van der Waals surface area contributed by atoms with Crippen LogP contribution in [-0.2, 0) is 28.6 Å². The summed E-state index contributed by atoms with van der Waals surface area (Å²) < 4.78 is 16.7. The molecule has 0 aromatic rings. The van der Waals surface area contributed by atoms with Gasteiger partial charge in [0.05, 0.1) is 0 Å². The van der Waals surface area contributed by atoms with E-state index in [4.69, 9.17) is 14.2 Å². The summed E-state index contributed by atoms with van der Waals surface area (Å²) in [6, 6.07) is 0. The molecule has 6 nitrogen and oxygen atoms in total. The fourth-order valence-corrected chi connectivity index (χ4v) is 7.16. The first-order chi connectivity index (χ1) is 40.0. The maximum absolute atomic E-state index is 12.9. The summed E-state index contributed by atoms with van der Waals surface area (Å²) in [6.07, 6.45) is 105. The van der Waals surface area contributed by atoms with Crippen molar-refractivity contribution in [3.05, 3.63) is 231 Å². The molecule has 0 aliphatic heterocycles. The van der Waals surface area contributed by atoms with Gasteiger partial charge in [-0.05, 0) is 161 Å². The molecule has 81 heavy (non-hydrogen) atoms. The molecule has 0 spiro atoms. The maximum Gasteiger partial charge on any atom is 0.306 e. The first-order valence-electron chi connectivity index (χ1n) is 30.9. The third kappa shape index (κ3) is 64.2. The van der Waals surface area contributed by atoms with E-state index in [1.807, 2.05) is 12.2 Å². The quantitative estimate of drug-likeness (QED) is 0.0261. The third-order valence-electron chi connectivity index (χ3n) is 11.7. The van der Waals surface area contributed by atoms with Crippen LogP contribution in [0.25, 0.3) is 0 Å². The van der Waals surface area contributed by atoms with Gasteiger partial charge in [-0.15, -0.1) is 0 Å². The van der Waals surface area contributed by atoms with Crippen molar-refractivity contribution < 1.29 is 28.6 Å². The van der Waals surface area contributed by atoms with Gasteiger partial charge in [0.2, 0.25) is 0 Å². The van der Waals surface area contributed by atoms with Crippen molar-refractivity contribution >= 4 is 17.9 Å². The normalized spacial score (nSPS) is 13.8. The molecule has 0 radical (unpaired) electrons. The number of carbonyl (C=O) groups is 3. The first kappa shape index (κ1) is 74.5. The molecular formula is C75H108O6. The average molecular weight is 1110 g/mol. The Hall–Kier alpha value is -6.53. The molecule has 0 rings (SSSR count). The second-order valence-electron chi connectivity index (χ2n) is 19.1. The van der Waals surface area contributed by atoms with Crippen LogP contribution in [0.5, 0.6) is 0 Å². The summed E-state index contributed by atoms with van der Waals surface area (Å²) in [7, 11) is 0. The van der Waals surface area contributed by atoms with E-state index >= 15 is 0 Å². The first-order valence-corrected chi connectivity index (χ1v) is 30.9. The number of carbonyl (C=O) groups excluding carboxylic acids is 3. The van der Waals surface area contributed by atoms with E-state index in [0.29, 0.717) is 19.3 Å². The number of esters is 3. The molecule has 1 unspecified atom stereocenters. The molecule has 0 saturated heterocycles. The maximum atomic E-state index is 12.9. The van der Waals surface area contributed by atoms with Crippen LogP contribution in [0.15, 0.2) is 231 Å². The SMILES string of the molecule is CC/C=C\C/C=C\C/C=C\C/C=C\C/C=C\C/C=C\C/C=C\CCCC(=O)OCC(COC(=O)CC/C=C\C/C=C\C/C=C\C/C=C\C/C=C\C/C=C\CC)OC(=O)CCCC/C=C\C/C=C\C/C=C\C/C=C\C/C=C\C/C=C\CC. The van der Waals surface area contributed by atoms with Crippen LogP contribution in [0.2, 0.25) is 0 Å². The molecule has 6 heteroatoms. The predicted octanol–water partition coefficient (Wildman–Crippen LogP) is 21.5. The van der Waals surface area contributed by atoms with Crippen LogP contribution in [0, 0.1) is 0 Å². The predicted molar refractivity (Wildman–Crippen MR) is 352 cm³/mol. The smallest absolute Gasteiger partial charge is 0.306 e. The summed E-state index contributed by atoms with van der Waals surface area (Å²) in [4.78, 5) is 38.3. The Morgan fingerprint density at radius 3 is 0.753 bits per heavy atom. The van der Waals surface area contributed by atoms with Gasteiger partial charge in [0.1, 0.15) is 13.2 Å². The standard InChI is InChI=1S/C75H108O6/c1-4-7-10-13-16-19-22-25-28-31-34-36-37-39-41-44-47-50-53-56-59-62-65-68-74(77)80-71-72(70-79-73(76)67-64-61-58-55-52-49-46-43-40-33-30-27-24-21-18-15-12-9-6-3)81-75(78)69-66-63-60-57-54-51-48-45-42-38-35-32-29-26-23-20-17-14-11-8-5-2/h7-12,16-21,25-30,34-36,38-41,43,45,47-50,52,54,56-59,61,72H,4-6,13-15,22-24,31-33,37,42,44,46,51,53,55,60,62-71H2,1-3H3/b10-7-,11-8-,12-9-,19-16-,20-17-,21-18-,28-25-,29-26-,30-27-,36-34-,38-35-,41-39-,43-40-,48-45-,50-47-,52-49-,57-54-,59-56-,61-58-. The number of hydrogen-bond donors (Lipinski definition) is 0. The minimum Gasteiger partial charge on any atom is -0.462 e. The summed E-state index contributed by atoms with van der Waals surface area (Å²) in [5, 5.41) is 0. The Kier molecular flexibility index (Phi) is 60.7. The molecule has 0 aromatic heterocycles. The molecule has 0 aliphatic carbocycles. The van der Waals surface area contributed by atoms with Gasteiger partial charge in [0, 0.05) is 19.3 Å². The zero-order valence-corrected chi connectivity index (χ0v) is 50.7. The molecule has 0 fully saturated rings. The lowest BCUT2D eigenvalue weighted by molar-refractivity contribution is -0.166. The lowest BCUT2D eigenvalue weighted by Crippen LogP contribution is -2.30. The minimum absolute atomic E-state index is 0.165. The summed E-state index contributed by atoms with van der Waals surface area (Å²) >= 11 is 0. The van der Waals surface area contributed by atoms with Crippen molar-refractivity contribution in [2.24, 2.45) is 0 Å². The highest BCUT2D eigenvalue weighted by Crippen LogP contribution is 2.09. The van der Waals surface area contributed by atoms with Gasteiger partial charge >= 0.3 is 17.9 Å². The van der Waals surface area contributed by atoms with Gasteiger partial charge in [0.25, 0.3) is 0 Å². The van der Waals surface area contributed by atoms with Crippen LogP contribution in [0.3, 0.4) is 0 Å². The van der Waals surface area contributed by atoms with Crippen LogP contribution < -0.4 is 0 Å². The van der Waals surface area contributed by atoms with Crippen molar-refractivity contribution in [2.45, 2.75) is 207 Å². The molecule has 1 atom stereocenters. The third-order valence-corrected chi connectivity index (χ3v) is 11.7. The summed E-state index contributed by atoms with van der Waals surface area (Å²) in [5.41, 5.74) is 0. The number of hydrogen-bond acceptors (Lipinski definition) is 6. The fraction of sp³-hybridized carbons (Fsp3) is 0.453. The van der Waals surface area contributed by atoms with Crippen molar-refractivity contribution in [2.75, 3.05) is 13.2 Å². The van der Waals surface area contributed by atoms with E-state index in [1.165, 1.54) is 0 Å². The molecule has 444 valence electrons. The second-order valence-corrected chi connectivity index (χ2v) is 19.1. The highest BCUT2D eigenvalue weighted by molar-refractivity contribution is 5.71. The van der Waals surface area contributed by atoms with Crippen LogP contribution in [0.1, 0.15) is 201 Å². The Morgan fingerprint density at radius 1 is 0.247 bits per heavy atom. The molecule has 0 aromatic carbocycles. The number of rotatable bonds is 52. The highest BCUT2D eigenvalue weighted by Gasteiger charge is 2.19. The highest BCUT2D eigenvalue weighted by atomic mass is 16.6. The second kappa shape index (κ2) is 66.0. The Morgan fingerprint density at radius 2 is 0.469 bits per heavy atom. The van der Waals surface area contributed by atoms with E-state index in [9.17, 15) is 14.4 Å². The lowest BCUT2D eigenvalue weighted by Gasteiger charge is -2.18. The van der Waals surface area contributed by atoms with Gasteiger partial charge in [-0.2, -0.15) is 0 Å². The molecule has 0 bridgehead atoms. The molecular weight excluding hydrogens is 997 g/mol. The Bertz CT molecular complexity index is 2090. The van der Waals surface area contributed by atoms with E-state index in [0.717, 1.165) is 141 Å². The van der Waals surface area contributed by atoms with Crippen molar-refractivity contribution in [3.63, 3.8) is 0 Å². The Labute approximate surface area is 494 Å². The number of allylic oxidation sites excluding steroid dienone is 38. The molecule has 0 amide bonds. The van der Waals surface area contributed by atoms with Gasteiger partial charge in [-0.1, -0.05) is 252 Å². The topological polar surface area (TPSA) is 78.9 Å². The average Bonchev–Trinajstić information content (AvgIpc) is 3.47. The molecule has 0 N–H and O–H groups in total. The van der Waals surface area contributed by atoms with E-state index in [1.54, 1.807) is 0 Å². The fourth-order valence-electron chi connectivity index (χ4n) is 7.16. The number of ether oxygens (including phenoxy) is 3. The van der Waals surface area contributed by atoms with Crippen LogP contribution >= 0.6 is 0 Å². The minimum atomic E-state index is -0.874. The van der Waals surface area contributed by atoms with Crippen molar-refractivity contribution in [3.8, 4) is 0 Å². The van der Waals surface area contributed by atoms with Crippen LogP contribution in [0.4, 0.5) is 0 Å². The molecule has 0 heterocycles. The molecule has 0 aliphatic rings. The van der Waals surface area contributed by atoms with Gasteiger partial charge in [-0.3, -0.25) is 14.4 Å². The van der Waals surface area contributed by atoms with Crippen molar-refractivity contribution in [1.29, 1.82) is 0 Å². The zero-order valence-electron chi connectivity index (χ0n) is 50.7. The van der Waals surface area contributed by atoms with Crippen LogP contribution in [-0.4, -0.2) is 37.2 Å². The monoisotopic (exact) mass is 1100 g/mol.